The molecule has 0 saturated carbocycles. The molecular formula is C19H20N4O2. The normalized spacial score (nSPS) is 17.1. The van der Waals surface area contributed by atoms with E-state index in [1.54, 1.807) is 12.4 Å². The molecule has 4 rings (SSSR count). The first kappa shape index (κ1) is 15.6. The monoisotopic (exact) mass is 336 g/mol. The van der Waals surface area contributed by atoms with Crippen molar-refractivity contribution in [3.05, 3.63) is 54.6 Å². The predicted octanol–water partition coefficient (Wildman–Crippen LogP) is 2.57. The number of nitrogens with one attached hydrogen (secondary N) is 1. The van der Waals surface area contributed by atoms with Crippen LogP contribution in [-0.4, -0.2) is 45.0 Å². The smallest absolute Gasteiger partial charge is 0.223 e. The number of aromatic amines is 1. The molecule has 1 amide bonds. The molecule has 1 aromatic carbocycles. The van der Waals surface area contributed by atoms with E-state index >= 15 is 0 Å². The highest BCUT2D eigenvalue weighted by atomic mass is 16.5. The van der Waals surface area contributed by atoms with Gasteiger partial charge in [0.05, 0.1) is 23.8 Å². The van der Waals surface area contributed by atoms with Crippen molar-refractivity contribution in [2.45, 2.75) is 25.4 Å². The van der Waals surface area contributed by atoms with Crippen LogP contribution in [0.5, 0.6) is 5.75 Å². The van der Waals surface area contributed by atoms with Gasteiger partial charge in [0.25, 0.3) is 0 Å². The number of benzene rings is 1. The second-order valence-electron chi connectivity index (χ2n) is 6.26. The van der Waals surface area contributed by atoms with Gasteiger partial charge in [-0.05, 0) is 24.3 Å². The maximum atomic E-state index is 12.4. The highest BCUT2D eigenvalue weighted by Crippen LogP contribution is 2.18. The molecule has 0 bridgehead atoms. The lowest BCUT2D eigenvalue weighted by Gasteiger charge is -2.17. The summed E-state index contributed by atoms with van der Waals surface area (Å²) in [7, 11) is 0. The van der Waals surface area contributed by atoms with Gasteiger partial charge in [-0.1, -0.05) is 12.1 Å². The molecule has 1 aliphatic heterocycles. The fourth-order valence-electron chi connectivity index (χ4n) is 3.17. The van der Waals surface area contributed by atoms with E-state index in [-0.39, 0.29) is 12.0 Å². The van der Waals surface area contributed by atoms with Crippen molar-refractivity contribution in [3.8, 4) is 5.75 Å². The molecule has 25 heavy (non-hydrogen) atoms. The topological polar surface area (TPSA) is 71.1 Å². The number of amides is 1. The quantitative estimate of drug-likeness (QED) is 0.777. The minimum atomic E-state index is 0.0411. The zero-order valence-electron chi connectivity index (χ0n) is 13.9. The number of carbonyl (C=O) groups excluding carboxylic acids is 1. The molecule has 1 fully saturated rings. The van der Waals surface area contributed by atoms with Gasteiger partial charge in [-0.3, -0.25) is 9.78 Å². The van der Waals surface area contributed by atoms with Gasteiger partial charge in [-0.2, -0.15) is 0 Å². The number of aryl methyl sites for hydroxylation is 1. The molecule has 1 N–H and O–H groups in total. The maximum absolute atomic E-state index is 12.4. The highest BCUT2D eigenvalue weighted by molar-refractivity contribution is 5.77. The van der Waals surface area contributed by atoms with Crippen LogP contribution in [0.1, 0.15) is 18.7 Å². The van der Waals surface area contributed by atoms with Crippen molar-refractivity contribution >= 4 is 16.9 Å². The van der Waals surface area contributed by atoms with Gasteiger partial charge in [0.1, 0.15) is 17.7 Å². The van der Waals surface area contributed by atoms with Crippen LogP contribution in [-0.2, 0) is 11.2 Å². The number of hydrogen-bond donors (Lipinski definition) is 1. The van der Waals surface area contributed by atoms with Crippen LogP contribution in [0.25, 0.3) is 11.0 Å². The molecule has 6 heteroatoms. The molecular weight excluding hydrogens is 316 g/mol. The Morgan fingerprint density at radius 1 is 1.28 bits per heavy atom. The minimum absolute atomic E-state index is 0.0411. The number of carbonyl (C=O) groups is 1. The first-order valence-corrected chi connectivity index (χ1v) is 8.56. The van der Waals surface area contributed by atoms with Crippen molar-refractivity contribution in [2.75, 3.05) is 13.1 Å². The van der Waals surface area contributed by atoms with Gasteiger partial charge in [-0.15, -0.1) is 0 Å². The lowest BCUT2D eigenvalue weighted by molar-refractivity contribution is -0.130. The van der Waals surface area contributed by atoms with Crippen LogP contribution in [0.3, 0.4) is 0 Å². The van der Waals surface area contributed by atoms with Crippen molar-refractivity contribution in [1.82, 2.24) is 19.9 Å². The molecule has 0 spiro atoms. The fraction of sp³-hybridized carbons (Fsp3) is 0.316. The van der Waals surface area contributed by atoms with Gasteiger partial charge in [0.2, 0.25) is 5.91 Å². The number of imidazole rings is 1. The molecule has 2 aromatic heterocycles. The van der Waals surface area contributed by atoms with Crippen LogP contribution in [0, 0.1) is 0 Å². The standard InChI is InChI=1S/C19H20N4O2/c24-19(8-7-18-21-16-5-1-2-6-17(16)22-18)23-11-9-15(13-23)25-14-4-3-10-20-12-14/h1-6,10,12,15H,7-9,11,13H2,(H,21,22). The van der Waals surface area contributed by atoms with Crippen molar-refractivity contribution in [3.63, 3.8) is 0 Å². The van der Waals surface area contributed by atoms with E-state index in [0.717, 1.165) is 35.6 Å². The van der Waals surface area contributed by atoms with Gasteiger partial charge < -0.3 is 14.6 Å². The van der Waals surface area contributed by atoms with Crippen LogP contribution < -0.4 is 4.74 Å². The molecule has 0 radical (unpaired) electrons. The van der Waals surface area contributed by atoms with Crippen LogP contribution in [0.4, 0.5) is 0 Å². The Morgan fingerprint density at radius 3 is 3.04 bits per heavy atom. The third-order valence-electron chi connectivity index (χ3n) is 4.45. The lowest BCUT2D eigenvalue weighted by Crippen LogP contribution is -2.31. The summed E-state index contributed by atoms with van der Waals surface area (Å²) in [6, 6.07) is 11.6. The van der Waals surface area contributed by atoms with Crippen LogP contribution in [0.15, 0.2) is 48.8 Å². The third-order valence-corrected chi connectivity index (χ3v) is 4.45. The molecule has 1 unspecified atom stereocenters. The first-order valence-electron chi connectivity index (χ1n) is 8.56. The number of para-hydroxylation sites is 2. The number of aromatic nitrogens is 3. The summed E-state index contributed by atoms with van der Waals surface area (Å²) in [5, 5.41) is 0. The summed E-state index contributed by atoms with van der Waals surface area (Å²) in [6.07, 6.45) is 5.39. The Balaban J connectivity index is 1.30. The van der Waals surface area contributed by atoms with E-state index < -0.39 is 0 Å². The average Bonchev–Trinajstić information content (AvgIpc) is 3.27. The van der Waals surface area contributed by atoms with Crippen LogP contribution >= 0.6 is 0 Å². The molecule has 6 nitrogen and oxygen atoms in total. The zero-order chi connectivity index (χ0) is 17.1. The number of ether oxygens (including phenoxy) is 1. The van der Waals surface area contributed by atoms with Gasteiger partial charge in [0.15, 0.2) is 0 Å². The molecule has 128 valence electrons. The van der Waals surface area contributed by atoms with Crippen molar-refractivity contribution < 1.29 is 9.53 Å². The summed E-state index contributed by atoms with van der Waals surface area (Å²) in [5.41, 5.74) is 1.95. The number of rotatable bonds is 5. The number of likely N-dealkylation sites (tertiary alicyclic amines) is 1. The highest BCUT2D eigenvalue weighted by Gasteiger charge is 2.27. The van der Waals surface area contributed by atoms with Gasteiger partial charge in [-0.25, -0.2) is 4.98 Å². The van der Waals surface area contributed by atoms with Crippen molar-refractivity contribution in [1.29, 1.82) is 0 Å². The van der Waals surface area contributed by atoms with E-state index in [0.29, 0.717) is 19.4 Å². The van der Waals surface area contributed by atoms with Gasteiger partial charge in [0, 0.05) is 32.0 Å². The minimum Gasteiger partial charge on any atom is -0.487 e. The molecule has 3 heterocycles. The number of nitrogens with zero attached hydrogens (tertiary/aromatic N) is 3. The number of pyridine rings is 1. The Bertz CT molecular complexity index is 829. The predicted molar refractivity (Wildman–Crippen MR) is 94.3 cm³/mol. The fourth-order valence-corrected chi connectivity index (χ4v) is 3.17. The molecule has 1 saturated heterocycles. The second kappa shape index (κ2) is 6.93. The Kier molecular flexibility index (Phi) is 4.33. The van der Waals surface area contributed by atoms with E-state index in [1.165, 1.54) is 0 Å². The first-order chi connectivity index (χ1) is 12.3. The average molecular weight is 336 g/mol. The third kappa shape index (κ3) is 3.63. The van der Waals surface area contributed by atoms with Crippen LogP contribution in [0.2, 0.25) is 0 Å². The number of fused-ring (bicyclic) bond motifs is 1. The van der Waals surface area contributed by atoms with E-state index in [9.17, 15) is 4.79 Å². The summed E-state index contributed by atoms with van der Waals surface area (Å²) >= 11 is 0. The zero-order valence-corrected chi connectivity index (χ0v) is 13.9. The lowest BCUT2D eigenvalue weighted by atomic mass is 10.2. The maximum Gasteiger partial charge on any atom is 0.223 e. The molecule has 1 aliphatic rings. The van der Waals surface area contributed by atoms with E-state index in [4.69, 9.17) is 4.74 Å². The molecule has 0 aliphatic carbocycles. The SMILES string of the molecule is O=C(CCc1nc2ccccc2[nH]1)N1CCC(Oc2cccnc2)C1. The van der Waals surface area contributed by atoms with E-state index in [2.05, 4.69) is 15.0 Å². The summed E-state index contributed by atoms with van der Waals surface area (Å²) < 4.78 is 5.88. The molecule has 3 aromatic rings. The van der Waals surface area contributed by atoms with Crippen molar-refractivity contribution in [2.24, 2.45) is 0 Å². The Labute approximate surface area is 145 Å². The van der Waals surface area contributed by atoms with E-state index in [1.807, 2.05) is 41.3 Å². The summed E-state index contributed by atoms with van der Waals surface area (Å²) in [4.78, 5) is 26.2. The Hall–Kier alpha value is -2.89. The second-order valence-corrected chi connectivity index (χ2v) is 6.26. The molecule has 1 atom stereocenters. The van der Waals surface area contributed by atoms with Gasteiger partial charge >= 0.3 is 0 Å². The Morgan fingerprint density at radius 2 is 2.20 bits per heavy atom. The summed E-state index contributed by atoms with van der Waals surface area (Å²) in [6.45, 7) is 1.37. The summed E-state index contributed by atoms with van der Waals surface area (Å²) in [5.74, 6) is 1.76. The number of hydrogen-bond acceptors (Lipinski definition) is 4. The largest absolute Gasteiger partial charge is 0.487 e. The number of H-pyrrole nitrogens is 1.